The van der Waals surface area contributed by atoms with E-state index >= 15 is 0 Å². The number of hydrogen-bond donors (Lipinski definition) is 1. The summed E-state index contributed by atoms with van der Waals surface area (Å²) in [6.07, 6.45) is 0.497. The van der Waals surface area contributed by atoms with Gasteiger partial charge in [0.2, 0.25) is 0 Å². The van der Waals surface area contributed by atoms with Gasteiger partial charge in [0.05, 0.1) is 28.8 Å². The van der Waals surface area contributed by atoms with Gasteiger partial charge in [0.15, 0.2) is 0 Å². The maximum atomic E-state index is 12.9. The first kappa shape index (κ1) is 22.0. The number of aryl methyl sites for hydroxylation is 1. The lowest BCUT2D eigenvalue weighted by Crippen LogP contribution is -2.05. The molecule has 1 aromatic carbocycles. The summed E-state index contributed by atoms with van der Waals surface area (Å²) in [5, 5.41) is 11.1. The van der Waals surface area contributed by atoms with Crippen LogP contribution in [0.4, 0.5) is 30.5 Å². The zero-order valence-electron chi connectivity index (χ0n) is 17.5. The maximum Gasteiger partial charge on any atom is 0.416 e. The minimum Gasteiger partial charge on any atom is -0.354 e. The first-order valence-corrected chi connectivity index (χ1v) is 9.90. The molecule has 0 saturated carbocycles. The summed E-state index contributed by atoms with van der Waals surface area (Å²) in [7, 11) is 0. The second-order valence-corrected chi connectivity index (χ2v) is 7.07. The number of pyridine rings is 2. The maximum absolute atomic E-state index is 12.9. The third-order valence-corrected chi connectivity index (χ3v) is 4.51. The van der Waals surface area contributed by atoms with Crippen molar-refractivity contribution in [2.45, 2.75) is 19.6 Å². The predicted octanol–water partition coefficient (Wildman–Crippen LogP) is 6.29. The van der Waals surface area contributed by atoms with Crippen LogP contribution in [0.25, 0.3) is 11.3 Å². The number of aromatic nitrogens is 4. The molecule has 0 radical (unpaired) electrons. The van der Waals surface area contributed by atoms with Gasteiger partial charge in [-0.1, -0.05) is 6.07 Å². The number of anilines is 2. The smallest absolute Gasteiger partial charge is 0.354 e. The van der Waals surface area contributed by atoms with Gasteiger partial charge < -0.3 is 5.32 Å². The average Bonchev–Trinajstić information content (AvgIpc) is 2.80. The van der Waals surface area contributed by atoms with Crippen LogP contribution in [0.2, 0.25) is 0 Å². The molecular weight excluding hydrogens is 431 g/mol. The van der Waals surface area contributed by atoms with Crippen LogP contribution in [-0.2, 0) is 12.7 Å². The molecule has 0 aliphatic rings. The van der Waals surface area contributed by atoms with Gasteiger partial charge in [-0.25, -0.2) is 9.97 Å². The molecule has 0 fully saturated rings. The lowest BCUT2D eigenvalue weighted by Gasteiger charge is -2.10. The number of alkyl halides is 3. The lowest BCUT2D eigenvalue weighted by atomic mass is 10.2. The highest BCUT2D eigenvalue weighted by Gasteiger charge is 2.30. The minimum atomic E-state index is -4.40. The van der Waals surface area contributed by atoms with E-state index in [0.717, 1.165) is 29.1 Å². The van der Waals surface area contributed by atoms with Crippen molar-refractivity contribution in [1.82, 2.24) is 19.9 Å². The number of hydrogen-bond acceptors (Lipinski definition) is 7. The van der Waals surface area contributed by atoms with Gasteiger partial charge in [0, 0.05) is 29.3 Å². The molecule has 33 heavy (non-hydrogen) atoms. The van der Waals surface area contributed by atoms with Crippen LogP contribution < -0.4 is 5.32 Å². The summed E-state index contributed by atoms with van der Waals surface area (Å²) in [4.78, 5) is 17.0. The largest absolute Gasteiger partial charge is 0.416 e. The van der Waals surface area contributed by atoms with Crippen LogP contribution in [0.3, 0.4) is 0 Å². The van der Waals surface area contributed by atoms with E-state index in [4.69, 9.17) is 0 Å². The summed E-state index contributed by atoms with van der Waals surface area (Å²) in [6.45, 7) is 2.05. The Hall–Kier alpha value is -4.21. The molecule has 0 saturated heterocycles. The van der Waals surface area contributed by atoms with Crippen molar-refractivity contribution in [1.29, 1.82) is 0 Å². The molecule has 0 aliphatic heterocycles. The molecule has 3 aromatic heterocycles. The molecule has 0 aliphatic carbocycles. The van der Waals surface area contributed by atoms with Crippen molar-refractivity contribution in [2.24, 2.45) is 10.2 Å². The highest BCUT2D eigenvalue weighted by atomic mass is 19.4. The van der Waals surface area contributed by atoms with E-state index in [1.807, 2.05) is 25.1 Å². The van der Waals surface area contributed by atoms with E-state index in [-0.39, 0.29) is 12.5 Å². The lowest BCUT2D eigenvalue weighted by molar-refractivity contribution is -0.137. The summed E-state index contributed by atoms with van der Waals surface area (Å²) in [5.74, 6) is 0.240. The Kier molecular flexibility index (Phi) is 6.34. The molecule has 166 valence electrons. The number of halogens is 3. The van der Waals surface area contributed by atoms with Gasteiger partial charge in [0.1, 0.15) is 6.54 Å². The fourth-order valence-electron chi connectivity index (χ4n) is 2.97. The highest BCUT2D eigenvalue weighted by Crippen LogP contribution is 2.31. The van der Waals surface area contributed by atoms with Gasteiger partial charge in [-0.15, -0.1) is 5.11 Å². The van der Waals surface area contributed by atoms with E-state index < -0.39 is 11.7 Å². The molecule has 1 N–H and O–H groups in total. The van der Waals surface area contributed by atoms with Crippen LogP contribution in [0, 0.1) is 6.92 Å². The van der Waals surface area contributed by atoms with Gasteiger partial charge in [-0.05, 0) is 55.5 Å². The highest BCUT2D eigenvalue weighted by molar-refractivity contribution is 5.60. The van der Waals surface area contributed by atoms with Crippen molar-refractivity contribution in [2.75, 3.05) is 5.32 Å². The summed E-state index contributed by atoms with van der Waals surface area (Å²) < 4.78 is 38.6. The number of rotatable bonds is 6. The van der Waals surface area contributed by atoms with E-state index in [1.54, 1.807) is 30.6 Å². The summed E-state index contributed by atoms with van der Waals surface area (Å²) in [6, 6.07) is 14.0. The third-order valence-electron chi connectivity index (χ3n) is 4.51. The monoisotopic (exact) mass is 449 g/mol. The van der Waals surface area contributed by atoms with Crippen molar-refractivity contribution < 1.29 is 13.2 Å². The first-order valence-electron chi connectivity index (χ1n) is 9.90. The minimum absolute atomic E-state index is 0.200. The molecule has 0 bridgehead atoms. The Labute approximate surface area is 187 Å². The van der Waals surface area contributed by atoms with Gasteiger partial charge in [-0.3, -0.25) is 9.97 Å². The molecule has 0 amide bonds. The van der Waals surface area contributed by atoms with E-state index in [2.05, 4.69) is 35.5 Å². The SMILES string of the molecule is Cc1cc(-c2ccncc2)nc(N=NCc2ccc(Nc3cccc(C(F)(F)F)c3)cn2)n1. The Bertz CT molecular complexity index is 1260. The topological polar surface area (TPSA) is 88.3 Å². The van der Waals surface area contributed by atoms with Crippen molar-refractivity contribution >= 4 is 17.3 Å². The Morgan fingerprint density at radius 1 is 0.939 bits per heavy atom. The fourth-order valence-corrected chi connectivity index (χ4v) is 2.97. The van der Waals surface area contributed by atoms with Crippen molar-refractivity contribution in [3.63, 3.8) is 0 Å². The molecule has 0 spiro atoms. The Morgan fingerprint density at radius 2 is 1.76 bits per heavy atom. The van der Waals surface area contributed by atoms with E-state index in [9.17, 15) is 13.2 Å². The predicted molar refractivity (Wildman–Crippen MR) is 117 cm³/mol. The van der Waals surface area contributed by atoms with E-state index in [0.29, 0.717) is 17.1 Å². The normalized spacial score (nSPS) is 11.6. The first-order chi connectivity index (χ1) is 15.9. The third kappa shape index (κ3) is 5.94. The van der Waals surface area contributed by atoms with Crippen molar-refractivity contribution in [3.8, 4) is 11.3 Å². The second kappa shape index (κ2) is 9.51. The van der Waals surface area contributed by atoms with Gasteiger partial charge in [0.25, 0.3) is 5.95 Å². The summed E-state index contributed by atoms with van der Waals surface area (Å²) in [5.41, 5.74) is 3.17. The van der Waals surface area contributed by atoms with Crippen LogP contribution in [0.1, 0.15) is 17.0 Å². The average molecular weight is 449 g/mol. The number of nitrogens with zero attached hydrogens (tertiary/aromatic N) is 6. The molecule has 10 heteroatoms. The quantitative estimate of drug-likeness (QED) is 0.350. The van der Waals surface area contributed by atoms with Crippen LogP contribution in [0.5, 0.6) is 0 Å². The molecule has 0 unspecified atom stereocenters. The van der Waals surface area contributed by atoms with Crippen molar-refractivity contribution in [3.05, 3.63) is 90.1 Å². The molecule has 7 nitrogen and oxygen atoms in total. The fraction of sp³-hybridized carbons (Fsp3) is 0.130. The summed E-state index contributed by atoms with van der Waals surface area (Å²) >= 11 is 0. The van der Waals surface area contributed by atoms with E-state index in [1.165, 1.54) is 12.3 Å². The molecule has 4 aromatic rings. The Balaban J connectivity index is 1.41. The number of azo groups is 1. The number of benzene rings is 1. The molecule has 0 atom stereocenters. The Morgan fingerprint density at radius 3 is 2.48 bits per heavy atom. The standard InChI is InChI=1S/C23H18F3N7/c1-15-11-21(16-7-9-27-10-8-16)32-22(30-15)33-29-14-19-5-6-20(13-28-19)31-18-4-2-3-17(12-18)23(24,25)26/h2-13,31H,14H2,1H3. The van der Waals surface area contributed by atoms with Crippen LogP contribution in [0.15, 0.2) is 83.4 Å². The zero-order chi connectivity index (χ0) is 23.3. The molecular formula is C23H18F3N7. The second-order valence-electron chi connectivity index (χ2n) is 7.07. The molecule has 3 heterocycles. The van der Waals surface area contributed by atoms with Gasteiger partial charge in [-0.2, -0.15) is 18.3 Å². The van der Waals surface area contributed by atoms with Crippen LogP contribution >= 0.6 is 0 Å². The molecule has 4 rings (SSSR count). The van der Waals surface area contributed by atoms with Crippen LogP contribution in [-0.4, -0.2) is 19.9 Å². The number of nitrogens with one attached hydrogen (secondary N) is 1. The zero-order valence-corrected chi connectivity index (χ0v) is 17.5. The van der Waals surface area contributed by atoms with Gasteiger partial charge >= 0.3 is 6.18 Å².